The van der Waals surface area contributed by atoms with Crippen molar-refractivity contribution in [3.8, 4) is 0 Å². The lowest BCUT2D eigenvalue weighted by atomic mass is 10.1. The van der Waals surface area contributed by atoms with Crippen LogP contribution in [0.25, 0.3) is 0 Å². The molecule has 1 N–H and O–H groups in total. The van der Waals surface area contributed by atoms with Crippen LogP contribution in [-0.2, 0) is 6.54 Å². The summed E-state index contributed by atoms with van der Waals surface area (Å²) in [7, 11) is 0. The van der Waals surface area contributed by atoms with E-state index in [0.717, 1.165) is 31.3 Å². The van der Waals surface area contributed by atoms with Crippen LogP contribution in [0.15, 0.2) is 4.52 Å². The van der Waals surface area contributed by atoms with E-state index in [1.54, 1.807) is 0 Å². The highest BCUT2D eigenvalue weighted by Gasteiger charge is 2.29. The van der Waals surface area contributed by atoms with Crippen molar-refractivity contribution in [1.29, 1.82) is 0 Å². The lowest BCUT2D eigenvalue weighted by Gasteiger charge is -2.35. The molecule has 102 valence electrons. The lowest BCUT2D eigenvalue weighted by Crippen LogP contribution is -2.53. The largest absolute Gasteiger partial charge is 0.338 e. The number of hydrogen-bond acceptors (Lipinski definition) is 5. The minimum Gasteiger partial charge on any atom is -0.338 e. The molecule has 3 rings (SSSR count). The third kappa shape index (κ3) is 3.22. The van der Waals surface area contributed by atoms with Crippen LogP contribution in [0.3, 0.4) is 0 Å². The Morgan fingerprint density at radius 3 is 2.56 bits per heavy atom. The molecule has 1 aromatic heterocycles. The Kier molecular flexibility index (Phi) is 4.25. The Morgan fingerprint density at radius 2 is 1.94 bits per heavy atom. The van der Waals surface area contributed by atoms with Crippen molar-refractivity contribution >= 4 is 12.4 Å². The van der Waals surface area contributed by atoms with E-state index >= 15 is 0 Å². The molecule has 5 nitrogen and oxygen atoms in total. The van der Waals surface area contributed by atoms with Gasteiger partial charge < -0.3 is 9.84 Å². The van der Waals surface area contributed by atoms with E-state index in [1.807, 2.05) is 0 Å². The zero-order valence-corrected chi connectivity index (χ0v) is 11.7. The second kappa shape index (κ2) is 5.55. The third-order valence-corrected chi connectivity index (χ3v) is 3.42. The van der Waals surface area contributed by atoms with Gasteiger partial charge in [-0.1, -0.05) is 5.16 Å². The lowest BCUT2D eigenvalue weighted by molar-refractivity contribution is 0.149. The Hall–Kier alpha value is -0.650. The summed E-state index contributed by atoms with van der Waals surface area (Å²) in [4.78, 5) is 6.86. The van der Waals surface area contributed by atoms with Gasteiger partial charge in [0.2, 0.25) is 5.89 Å². The summed E-state index contributed by atoms with van der Waals surface area (Å²) in [6.07, 6.45) is 2.45. The summed E-state index contributed by atoms with van der Waals surface area (Å²) < 4.78 is 5.32. The Labute approximate surface area is 114 Å². The molecule has 18 heavy (non-hydrogen) atoms. The van der Waals surface area contributed by atoms with Crippen LogP contribution >= 0.6 is 12.4 Å². The maximum Gasteiger partial charge on any atom is 0.240 e. The maximum absolute atomic E-state index is 5.32. The van der Waals surface area contributed by atoms with Gasteiger partial charge in [0, 0.05) is 31.1 Å². The monoisotopic (exact) mass is 272 g/mol. The molecule has 1 saturated heterocycles. The molecular weight excluding hydrogens is 252 g/mol. The topological polar surface area (TPSA) is 54.2 Å². The van der Waals surface area contributed by atoms with Gasteiger partial charge in [-0.15, -0.1) is 12.4 Å². The molecule has 6 heteroatoms. The third-order valence-electron chi connectivity index (χ3n) is 3.42. The van der Waals surface area contributed by atoms with Crippen LogP contribution in [0.2, 0.25) is 0 Å². The van der Waals surface area contributed by atoms with Crippen molar-refractivity contribution in [3.05, 3.63) is 11.7 Å². The number of rotatable bonds is 3. The Balaban J connectivity index is 0.00000120. The van der Waals surface area contributed by atoms with Crippen LogP contribution in [0.4, 0.5) is 0 Å². The molecular formula is C12H21ClN4O. The molecule has 0 bridgehead atoms. The van der Waals surface area contributed by atoms with Gasteiger partial charge in [-0.05, 0) is 26.7 Å². The molecule has 1 aliphatic carbocycles. The standard InChI is InChI=1S/C12H20N4O.ClH/c1-8-5-16(6-9(2)13-8)7-11-14-12(15-17-11)10-3-4-10;/h8-10,13H,3-7H2,1-2H3;1H. The first-order chi connectivity index (χ1) is 8.20. The van der Waals surface area contributed by atoms with Crippen molar-refractivity contribution in [1.82, 2.24) is 20.4 Å². The van der Waals surface area contributed by atoms with Gasteiger partial charge >= 0.3 is 0 Å². The van der Waals surface area contributed by atoms with E-state index in [2.05, 4.69) is 34.2 Å². The predicted octanol–water partition coefficient (Wildman–Crippen LogP) is 1.55. The zero-order valence-electron chi connectivity index (χ0n) is 10.9. The molecule has 2 unspecified atom stereocenters. The number of halogens is 1. The number of nitrogens with zero attached hydrogens (tertiary/aromatic N) is 3. The quantitative estimate of drug-likeness (QED) is 0.905. The molecule has 2 fully saturated rings. The van der Waals surface area contributed by atoms with Crippen molar-refractivity contribution in [2.45, 2.75) is 51.2 Å². The summed E-state index contributed by atoms with van der Waals surface area (Å²) in [5, 5.41) is 7.57. The van der Waals surface area contributed by atoms with E-state index < -0.39 is 0 Å². The molecule has 1 aromatic rings. The van der Waals surface area contributed by atoms with Crippen molar-refractivity contribution < 1.29 is 4.52 Å². The summed E-state index contributed by atoms with van der Waals surface area (Å²) in [6.45, 7) is 7.31. The summed E-state index contributed by atoms with van der Waals surface area (Å²) >= 11 is 0. The fraction of sp³-hybridized carbons (Fsp3) is 0.833. The fourth-order valence-corrected chi connectivity index (χ4v) is 2.60. The highest BCUT2D eigenvalue weighted by atomic mass is 35.5. The average Bonchev–Trinajstić information content (AvgIpc) is 2.99. The molecule has 0 amide bonds. The molecule has 1 saturated carbocycles. The summed E-state index contributed by atoms with van der Waals surface area (Å²) in [5.41, 5.74) is 0. The summed E-state index contributed by atoms with van der Waals surface area (Å²) in [5.74, 6) is 2.26. The van der Waals surface area contributed by atoms with Gasteiger partial charge in [0.05, 0.1) is 6.54 Å². The first-order valence-electron chi connectivity index (χ1n) is 6.51. The first-order valence-corrected chi connectivity index (χ1v) is 6.51. The van der Waals surface area contributed by atoms with Gasteiger partial charge in [0.15, 0.2) is 5.82 Å². The van der Waals surface area contributed by atoms with Gasteiger partial charge in [-0.25, -0.2) is 0 Å². The number of aromatic nitrogens is 2. The van der Waals surface area contributed by atoms with Crippen LogP contribution in [-0.4, -0.2) is 40.2 Å². The molecule has 0 spiro atoms. The molecule has 2 heterocycles. The number of hydrogen-bond donors (Lipinski definition) is 1. The SMILES string of the molecule is CC1CN(Cc2nc(C3CC3)no2)CC(C)N1.Cl. The van der Waals surface area contributed by atoms with Crippen LogP contribution < -0.4 is 5.32 Å². The fourth-order valence-electron chi connectivity index (χ4n) is 2.60. The molecule has 0 aromatic carbocycles. The van der Waals surface area contributed by atoms with Crippen molar-refractivity contribution in [2.24, 2.45) is 0 Å². The first kappa shape index (κ1) is 13.8. The van der Waals surface area contributed by atoms with Crippen molar-refractivity contribution in [3.63, 3.8) is 0 Å². The number of piperazine rings is 1. The highest BCUT2D eigenvalue weighted by Crippen LogP contribution is 2.38. The molecule has 1 aliphatic heterocycles. The minimum absolute atomic E-state index is 0. The predicted molar refractivity (Wildman–Crippen MR) is 70.9 cm³/mol. The maximum atomic E-state index is 5.32. The second-order valence-electron chi connectivity index (χ2n) is 5.48. The van der Waals surface area contributed by atoms with E-state index in [4.69, 9.17) is 4.52 Å². The van der Waals surface area contributed by atoms with Crippen LogP contribution in [0.5, 0.6) is 0 Å². The van der Waals surface area contributed by atoms with Gasteiger partial charge in [-0.2, -0.15) is 4.98 Å². The normalized spacial score (nSPS) is 29.0. The smallest absolute Gasteiger partial charge is 0.240 e. The van der Waals surface area contributed by atoms with Gasteiger partial charge in [-0.3, -0.25) is 4.90 Å². The Morgan fingerprint density at radius 1 is 1.28 bits per heavy atom. The number of nitrogens with one attached hydrogen (secondary N) is 1. The molecule has 2 atom stereocenters. The van der Waals surface area contributed by atoms with E-state index in [1.165, 1.54) is 12.8 Å². The average molecular weight is 273 g/mol. The minimum atomic E-state index is 0. The highest BCUT2D eigenvalue weighted by molar-refractivity contribution is 5.85. The van der Waals surface area contributed by atoms with Crippen LogP contribution in [0, 0.1) is 0 Å². The second-order valence-corrected chi connectivity index (χ2v) is 5.48. The van der Waals surface area contributed by atoms with Crippen molar-refractivity contribution in [2.75, 3.05) is 13.1 Å². The van der Waals surface area contributed by atoms with E-state index in [0.29, 0.717) is 18.0 Å². The van der Waals surface area contributed by atoms with Gasteiger partial charge in [0.25, 0.3) is 0 Å². The molecule has 2 aliphatic rings. The summed E-state index contributed by atoms with van der Waals surface area (Å²) in [6, 6.07) is 1.06. The van der Waals surface area contributed by atoms with Gasteiger partial charge in [0.1, 0.15) is 0 Å². The van der Waals surface area contributed by atoms with E-state index in [9.17, 15) is 0 Å². The van der Waals surface area contributed by atoms with E-state index in [-0.39, 0.29) is 12.4 Å². The molecule has 0 radical (unpaired) electrons. The zero-order chi connectivity index (χ0) is 11.8. The van der Waals surface area contributed by atoms with Crippen LogP contribution in [0.1, 0.15) is 44.3 Å². The Bertz CT molecular complexity index is 383.